The summed E-state index contributed by atoms with van der Waals surface area (Å²) in [5.41, 5.74) is 3.07. The number of hydrogen-bond donors (Lipinski definition) is 1. The topological polar surface area (TPSA) is 38.3 Å². The van der Waals surface area contributed by atoms with Gasteiger partial charge in [-0.3, -0.25) is 4.79 Å². The van der Waals surface area contributed by atoms with Crippen LogP contribution < -0.4 is 5.32 Å². The molecule has 1 aromatic carbocycles. The van der Waals surface area contributed by atoms with Crippen molar-refractivity contribution in [3.8, 4) is 0 Å². The molecule has 1 heterocycles. The minimum Gasteiger partial charge on any atom is -0.372 e. The van der Waals surface area contributed by atoms with Crippen LogP contribution in [0.25, 0.3) is 0 Å². The Kier molecular flexibility index (Phi) is 4.27. The number of benzene rings is 1. The number of nitrogens with one attached hydrogen (secondary N) is 1. The average molecular weight is 294 g/mol. The third kappa shape index (κ3) is 3.15. The van der Waals surface area contributed by atoms with E-state index in [2.05, 4.69) is 5.32 Å². The molecule has 0 spiro atoms. The van der Waals surface area contributed by atoms with Gasteiger partial charge < -0.3 is 10.1 Å². The van der Waals surface area contributed by atoms with Crippen molar-refractivity contribution < 1.29 is 9.53 Å². The maximum atomic E-state index is 12.2. The van der Waals surface area contributed by atoms with Crippen LogP contribution >= 0.6 is 11.6 Å². The van der Waals surface area contributed by atoms with Gasteiger partial charge in [-0.2, -0.15) is 0 Å². The third-order valence-electron chi connectivity index (χ3n) is 4.31. The first-order valence-electron chi connectivity index (χ1n) is 7.34. The summed E-state index contributed by atoms with van der Waals surface area (Å²) in [6.07, 6.45) is 4.37. The number of carbonyl (C=O) groups excluding carboxylic acids is 1. The van der Waals surface area contributed by atoms with Gasteiger partial charge in [-0.1, -0.05) is 6.07 Å². The number of fused-ring (bicyclic) bond motifs is 1. The molecule has 0 bridgehead atoms. The highest BCUT2D eigenvalue weighted by molar-refractivity contribution is 6.20. The summed E-state index contributed by atoms with van der Waals surface area (Å²) in [6, 6.07) is 5.84. The van der Waals surface area contributed by atoms with Gasteiger partial charge in [0.25, 0.3) is 5.91 Å². The number of ether oxygens (including phenoxy) is 1. The molecule has 0 radical (unpaired) electrons. The van der Waals surface area contributed by atoms with Gasteiger partial charge in [0.05, 0.1) is 13.2 Å². The highest BCUT2D eigenvalue weighted by atomic mass is 35.5. The van der Waals surface area contributed by atoms with E-state index in [1.165, 1.54) is 5.56 Å². The molecular weight excluding hydrogens is 274 g/mol. The molecule has 0 saturated heterocycles. The summed E-state index contributed by atoms with van der Waals surface area (Å²) in [6.45, 7) is 2.05. The Balaban J connectivity index is 1.54. The SMILES string of the molecule is O=C(NCC1CCC(Cl)CC1)c1ccc2c(c1)COC2. The van der Waals surface area contributed by atoms with E-state index in [0.717, 1.165) is 43.4 Å². The summed E-state index contributed by atoms with van der Waals surface area (Å²) in [4.78, 5) is 12.2. The summed E-state index contributed by atoms with van der Waals surface area (Å²) in [5.74, 6) is 0.597. The van der Waals surface area contributed by atoms with Crippen LogP contribution in [0.1, 0.15) is 47.2 Å². The smallest absolute Gasteiger partial charge is 0.251 e. The first kappa shape index (κ1) is 13.9. The number of rotatable bonds is 3. The maximum Gasteiger partial charge on any atom is 0.251 e. The Bertz CT molecular complexity index is 495. The van der Waals surface area contributed by atoms with Crippen LogP contribution in [0.2, 0.25) is 0 Å². The molecule has 0 unspecified atom stereocenters. The molecule has 1 amide bonds. The molecule has 1 aromatic rings. The van der Waals surface area contributed by atoms with Gasteiger partial charge in [-0.25, -0.2) is 0 Å². The van der Waals surface area contributed by atoms with E-state index in [0.29, 0.717) is 24.5 Å². The van der Waals surface area contributed by atoms with Gasteiger partial charge >= 0.3 is 0 Å². The van der Waals surface area contributed by atoms with Crippen molar-refractivity contribution in [1.82, 2.24) is 5.32 Å². The van der Waals surface area contributed by atoms with E-state index in [1.54, 1.807) is 0 Å². The van der Waals surface area contributed by atoms with Crippen molar-refractivity contribution in [3.63, 3.8) is 0 Å². The molecule has 2 aliphatic rings. The standard InChI is InChI=1S/C16H20ClNO2/c17-15-5-1-11(2-6-15)8-18-16(19)12-3-4-13-9-20-10-14(13)7-12/h3-4,7,11,15H,1-2,5-6,8-10H2,(H,18,19). The van der Waals surface area contributed by atoms with Crippen molar-refractivity contribution in [1.29, 1.82) is 0 Å². The maximum absolute atomic E-state index is 12.2. The van der Waals surface area contributed by atoms with E-state index >= 15 is 0 Å². The predicted molar refractivity (Wildman–Crippen MR) is 78.9 cm³/mol. The van der Waals surface area contributed by atoms with E-state index in [-0.39, 0.29) is 5.91 Å². The highest BCUT2D eigenvalue weighted by Crippen LogP contribution is 2.27. The van der Waals surface area contributed by atoms with Crippen LogP contribution in [0, 0.1) is 5.92 Å². The van der Waals surface area contributed by atoms with Crippen molar-refractivity contribution in [2.45, 2.75) is 44.3 Å². The van der Waals surface area contributed by atoms with Gasteiger partial charge in [-0.05, 0) is 54.9 Å². The van der Waals surface area contributed by atoms with Crippen molar-refractivity contribution in [2.24, 2.45) is 5.92 Å². The van der Waals surface area contributed by atoms with Gasteiger partial charge in [0.15, 0.2) is 0 Å². The summed E-state index contributed by atoms with van der Waals surface area (Å²) >= 11 is 6.10. The number of hydrogen-bond acceptors (Lipinski definition) is 2. The minimum absolute atomic E-state index is 0.0210. The fraction of sp³-hybridized carbons (Fsp3) is 0.562. The largest absolute Gasteiger partial charge is 0.372 e. The van der Waals surface area contributed by atoms with E-state index in [9.17, 15) is 4.79 Å². The normalized spacial score (nSPS) is 25.2. The van der Waals surface area contributed by atoms with Crippen molar-refractivity contribution >= 4 is 17.5 Å². The molecule has 1 saturated carbocycles. The van der Waals surface area contributed by atoms with Gasteiger partial charge in [-0.15, -0.1) is 11.6 Å². The van der Waals surface area contributed by atoms with Crippen LogP contribution in [0.5, 0.6) is 0 Å². The summed E-state index contributed by atoms with van der Waals surface area (Å²) < 4.78 is 5.37. The van der Waals surface area contributed by atoms with Crippen molar-refractivity contribution in [3.05, 3.63) is 34.9 Å². The molecule has 1 aliphatic carbocycles. The lowest BCUT2D eigenvalue weighted by molar-refractivity contribution is 0.0943. The quantitative estimate of drug-likeness (QED) is 0.869. The molecule has 108 valence electrons. The lowest BCUT2D eigenvalue weighted by Crippen LogP contribution is -2.31. The number of carbonyl (C=O) groups is 1. The first-order chi connectivity index (χ1) is 9.72. The highest BCUT2D eigenvalue weighted by Gasteiger charge is 2.20. The Morgan fingerprint density at radius 2 is 1.95 bits per heavy atom. The van der Waals surface area contributed by atoms with Crippen LogP contribution in [-0.2, 0) is 18.0 Å². The van der Waals surface area contributed by atoms with Crippen LogP contribution in [0.4, 0.5) is 0 Å². The zero-order chi connectivity index (χ0) is 13.9. The van der Waals surface area contributed by atoms with Gasteiger partial charge in [0.2, 0.25) is 0 Å². The monoisotopic (exact) mass is 293 g/mol. The van der Waals surface area contributed by atoms with E-state index in [1.807, 2.05) is 18.2 Å². The van der Waals surface area contributed by atoms with Crippen molar-refractivity contribution in [2.75, 3.05) is 6.54 Å². The third-order valence-corrected chi connectivity index (χ3v) is 4.75. The zero-order valence-corrected chi connectivity index (χ0v) is 12.3. The van der Waals surface area contributed by atoms with E-state index < -0.39 is 0 Å². The zero-order valence-electron chi connectivity index (χ0n) is 11.5. The second-order valence-corrected chi connectivity index (χ2v) is 6.42. The van der Waals surface area contributed by atoms with Crippen LogP contribution in [0.15, 0.2) is 18.2 Å². The minimum atomic E-state index is 0.0210. The molecule has 4 heteroatoms. The van der Waals surface area contributed by atoms with Crippen LogP contribution in [-0.4, -0.2) is 17.8 Å². The molecule has 0 atom stereocenters. The van der Waals surface area contributed by atoms with Crippen LogP contribution in [0.3, 0.4) is 0 Å². The molecule has 1 aliphatic heterocycles. The van der Waals surface area contributed by atoms with E-state index in [4.69, 9.17) is 16.3 Å². The molecule has 20 heavy (non-hydrogen) atoms. The van der Waals surface area contributed by atoms with Gasteiger partial charge in [0.1, 0.15) is 0 Å². The summed E-state index contributed by atoms with van der Waals surface area (Å²) in [7, 11) is 0. The number of alkyl halides is 1. The molecule has 3 rings (SSSR count). The second-order valence-electron chi connectivity index (χ2n) is 5.80. The fourth-order valence-electron chi connectivity index (χ4n) is 2.98. The molecule has 1 fully saturated rings. The molecule has 3 nitrogen and oxygen atoms in total. The lowest BCUT2D eigenvalue weighted by Gasteiger charge is -2.25. The van der Waals surface area contributed by atoms with Gasteiger partial charge in [0, 0.05) is 17.5 Å². The Labute approximate surface area is 124 Å². The molecule has 0 aromatic heterocycles. The number of amides is 1. The Morgan fingerprint density at radius 3 is 2.75 bits per heavy atom. The lowest BCUT2D eigenvalue weighted by atomic mass is 9.89. The molecular formula is C16H20ClNO2. The second kappa shape index (κ2) is 6.15. The Hall–Kier alpha value is -1.06. The predicted octanol–water partition coefficient (Wildman–Crippen LogP) is 3.24. The fourth-order valence-corrected chi connectivity index (χ4v) is 3.23. The average Bonchev–Trinajstić information content (AvgIpc) is 2.93. The number of halogens is 1. The Morgan fingerprint density at radius 1 is 1.20 bits per heavy atom. The first-order valence-corrected chi connectivity index (χ1v) is 7.78. The molecule has 1 N–H and O–H groups in total. The summed E-state index contributed by atoms with van der Waals surface area (Å²) in [5, 5.41) is 3.38.